The van der Waals surface area contributed by atoms with Crippen LogP contribution in [0, 0.1) is 11.3 Å². The van der Waals surface area contributed by atoms with Gasteiger partial charge in [0.2, 0.25) is 11.8 Å². The number of carbonyl (C=O) groups is 2. The second kappa shape index (κ2) is 9.81. The molecule has 162 valence electrons. The van der Waals surface area contributed by atoms with Crippen molar-refractivity contribution in [2.45, 2.75) is 52.1 Å². The Kier molecular flexibility index (Phi) is 7.94. The van der Waals surface area contributed by atoms with Gasteiger partial charge in [0.25, 0.3) is 0 Å². The zero-order valence-corrected chi connectivity index (χ0v) is 18.5. The summed E-state index contributed by atoms with van der Waals surface area (Å²) in [5.74, 6) is 1.26. The fourth-order valence-electron chi connectivity index (χ4n) is 4.36. The fourth-order valence-corrected chi connectivity index (χ4v) is 4.36. The SMILES string of the molecule is CC[C@H](C)[C@H](N)C(=O)N1CCC2(CC1)CC(=O)N(Cc1cccc(OC)c1)C2.Cl. The van der Waals surface area contributed by atoms with E-state index in [2.05, 4.69) is 6.92 Å². The Morgan fingerprint density at radius 2 is 2.00 bits per heavy atom. The molecule has 1 aromatic carbocycles. The third-order valence-corrected chi connectivity index (χ3v) is 6.59. The van der Waals surface area contributed by atoms with Gasteiger partial charge in [-0.15, -0.1) is 12.4 Å². The molecular formula is C22H34ClN3O3. The van der Waals surface area contributed by atoms with Crippen molar-refractivity contribution in [2.24, 2.45) is 17.1 Å². The van der Waals surface area contributed by atoms with Gasteiger partial charge in [0.1, 0.15) is 5.75 Å². The number of hydrogen-bond donors (Lipinski definition) is 1. The summed E-state index contributed by atoms with van der Waals surface area (Å²) in [7, 11) is 1.65. The van der Waals surface area contributed by atoms with Gasteiger partial charge in [-0.05, 0) is 36.5 Å². The smallest absolute Gasteiger partial charge is 0.239 e. The lowest BCUT2D eigenvalue weighted by atomic mass is 9.77. The van der Waals surface area contributed by atoms with Crippen LogP contribution in [0.25, 0.3) is 0 Å². The van der Waals surface area contributed by atoms with E-state index in [1.54, 1.807) is 7.11 Å². The van der Waals surface area contributed by atoms with Crippen molar-refractivity contribution in [3.63, 3.8) is 0 Å². The highest BCUT2D eigenvalue weighted by atomic mass is 35.5. The number of piperidine rings is 1. The molecule has 6 nitrogen and oxygen atoms in total. The monoisotopic (exact) mass is 423 g/mol. The van der Waals surface area contributed by atoms with Gasteiger partial charge in [-0.25, -0.2) is 0 Å². The lowest BCUT2D eigenvalue weighted by Crippen LogP contribution is -2.51. The van der Waals surface area contributed by atoms with Crippen molar-refractivity contribution in [3.8, 4) is 5.75 Å². The van der Waals surface area contributed by atoms with Gasteiger partial charge in [-0.1, -0.05) is 32.4 Å². The minimum Gasteiger partial charge on any atom is -0.497 e. The summed E-state index contributed by atoms with van der Waals surface area (Å²) >= 11 is 0. The number of nitrogens with zero attached hydrogens (tertiary/aromatic N) is 2. The number of likely N-dealkylation sites (tertiary alicyclic amines) is 2. The number of halogens is 1. The molecule has 29 heavy (non-hydrogen) atoms. The molecule has 1 aromatic rings. The number of methoxy groups -OCH3 is 1. The molecule has 0 aromatic heterocycles. The summed E-state index contributed by atoms with van der Waals surface area (Å²) < 4.78 is 5.28. The quantitative estimate of drug-likeness (QED) is 0.763. The highest BCUT2D eigenvalue weighted by molar-refractivity contribution is 5.85. The summed E-state index contributed by atoms with van der Waals surface area (Å²) in [6.45, 7) is 6.86. The maximum atomic E-state index is 12.7. The second-order valence-electron chi connectivity index (χ2n) is 8.51. The van der Waals surface area contributed by atoms with Crippen LogP contribution in [0.4, 0.5) is 0 Å². The zero-order valence-electron chi connectivity index (χ0n) is 17.7. The molecule has 0 unspecified atom stereocenters. The molecule has 2 amide bonds. The van der Waals surface area contributed by atoms with Crippen LogP contribution in [0.5, 0.6) is 5.75 Å². The van der Waals surface area contributed by atoms with Crippen LogP contribution in [0.2, 0.25) is 0 Å². The van der Waals surface area contributed by atoms with Crippen LogP contribution in [-0.4, -0.2) is 54.4 Å². The average Bonchev–Trinajstić information content (AvgIpc) is 3.01. The van der Waals surface area contributed by atoms with Crippen LogP contribution in [0.3, 0.4) is 0 Å². The molecule has 2 N–H and O–H groups in total. The number of amides is 2. The molecule has 0 radical (unpaired) electrons. The van der Waals surface area contributed by atoms with E-state index in [1.807, 2.05) is 41.0 Å². The summed E-state index contributed by atoms with van der Waals surface area (Å²) in [6, 6.07) is 7.45. The van der Waals surface area contributed by atoms with Crippen LogP contribution < -0.4 is 10.5 Å². The van der Waals surface area contributed by atoms with Crippen molar-refractivity contribution in [1.29, 1.82) is 0 Å². The Balaban J connectivity index is 0.00000300. The summed E-state index contributed by atoms with van der Waals surface area (Å²) in [5, 5.41) is 0. The summed E-state index contributed by atoms with van der Waals surface area (Å²) in [5.41, 5.74) is 7.21. The van der Waals surface area contributed by atoms with Crippen LogP contribution in [0.15, 0.2) is 24.3 Å². The van der Waals surface area contributed by atoms with Gasteiger partial charge in [-0.2, -0.15) is 0 Å². The Hall–Kier alpha value is -1.79. The molecule has 7 heteroatoms. The van der Waals surface area contributed by atoms with Crippen molar-refractivity contribution in [3.05, 3.63) is 29.8 Å². The summed E-state index contributed by atoms with van der Waals surface area (Å²) in [6.07, 6.45) is 3.22. The van der Waals surface area contributed by atoms with Crippen LogP contribution in [-0.2, 0) is 16.1 Å². The molecular weight excluding hydrogens is 390 g/mol. The van der Waals surface area contributed by atoms with Crippen LogP contribution >= 0.6 is 12.4 Å². The highest BCUT2D eigenvalue weighted by Gasteiger charge is 2.45. The Labute approximate surface area is 180 Å². The average molecular weight is 424 g/mol. The molecule has 3 rings (SSSR count). The molecule has 2 atom stereocenters. The number of rotatable bonds is 6. The third-order valence-electron chi connectivity index (χ3n) is 6.59. The molecule has 2 aliphatic heterocycles. The van der Waals surface area contributed by atoms with Gasteiger partial charge in [0, 0.05) is 38.0 Å². The van der Waals surface area contributed by atoms with Gasteiger partial charge < -0.3 is 20.3 Å². The molecule has 2 fully saturated rings. The lowest BCUT2D eigenvalue weighted by molar-refractivity contribution is -0.136. The lowest BCUT2D eigenvalue weighted by Gasteiger charge is -2.40. The molecule has 0 saturated carbocycles. The van der Waals surface area contributed by atoms with Gasteiger partial charge in [0.05, 0.1) is 13.2 Å². The Bertz CT molecular complexity index is 719. The van der Waals surface area contributed by atoms with Crippen molar-refractivity contribution >= 4 is 24.2 Å². The number of carbonyl (C=O) groups excluding carboxylic acids is 2. The first kappa shape index (κ1) is 23.5. The first-order chi connectivity index (χ1) is 13.4. The van der Waals surface area contributed by atoms with Gasteiger partial charge >= 0.3 is 0 Å². The molecule has 2 saturated heterocycles. The van der Waals surface area contributed by atoms with E-state index in [0.717, 1.165) is 37.1 Å². The predicted molar refractivity (Wildman–Crippen MR) is 116 cm³/mol. The van der Waals surface area contributed by atoms with Gasteiger partial charge in [-0.3, -0.25) is 9.59 Å². The van der Waals surface area contributed by atoms with E-state index in [9.17, 15) is 9.59 Å². The third kappa shape index (κ3) is 5.23. The van der Waals surface area contributed by atoms with E-state index in [-0.39, 0.29) is 35.6 Å². The van der Waals surface area contributed by atoms with E-state index in [4.69, 9.17) is 10.5 Å². The van der Waals surface area contributed by atoms with E-state index in [1.165, 1.54) is 0 Å². The van der Waals surface area contributed by atoms with E-state index < -0.39 is 6.04 Å². The minimum absolute atomic E-state index is 0. The number of nitrogens with two attached hydrogens (primary N) is 1. The first-order valence-corrected chi connectivity index (χ1v) is 10.3. The van der Waals surface area contributed by atoms with Crippen molar-refractivity contribution < 1.29 is 14.3 Å². The fraction of sp³-hybridized carbons (Fsp3) is 0.636. The molecule has 0 aliphatic carbocycles. The highest BCUT2D eigenvalue weighted by Crippen LogP contribution is 2.41. The largest absolute Gasteiger partial charge is 0.497 e. The second-order valence-corrected chi connectivity index (χ2v) is 8.51. The van der Waals surface area contributed by atoms with E-state index >= 15 is 0 Å². The predicted octanol–water partition coefficient (Wildman–Crippen LogP) is 2.83. The van der Waals surface area contributed by atoms with Crippen molar-refractivity contribution in [1.82, 2.24) is 9.80 Å². The molecule has 2 aliphatic rings. The van der Waals surface area contributed by atoms with Crippen molar-refractivity contribution in [2.75, 3.05) is 26.7 Å². The normalized spacial score (nSPS) is 20.3. The minimum atomic E-state index is -0.422. The Morgan fingerprint density at radius 3 is 2.62 bits per heavy atom. The standard InChI is InChI=1S/C22H33N3O3.ClH/c1-4-16(2)20(23)21(27)24-10-8-22(9-11-24)13-19(26)25(15-22)14-17-6-5-7-18(12-17)28-3;/h5-7,12,16,20H,4,8-11,13-15,23H2,1-3H3;1H/t16-,20-;/m0./s1. The maximum Gasteiger partial charge on any atom is 0.239 e. The number of hydrogen-bond acceptors (Lipinski definition) is 4. The zero-order chi connectivity index (χ0) is 20.3. The molecule has 2 heterocycles. The number of ether oxygens (including phenoxy) is 1. The maximum absolute atomic E-state index is 12.7. The van der Waals surface area contributed by atoms with E-state index in [0.29, 0.717) is 26.1 Å². The Morgan fingerprint density at radius 1 is 1.31 bits per heavy atom. The summed E-state index contributed by atoms with van der Waals surface area (Å²) in [4.78, 5) is 29.2. The molecule has 1 spiro atoms. The molecule has 0 bridgehead atoms. The topological polar surface area (TPSA) is 75.9 Å². The number of benzene rings is 1. The van der Waals surface area contributed by atoms with Gasteiger partial charge in [0.15, 0.2) is 0 Å². The first-order valence-electron chi connectivity index (χ1n) is 10.3. The van der Waals surface area contributed by atoms with Crippen LogP contribution in [0.1, 0.15) is 45.1 Å².